The summed E-state index contributed by atoms with van der Waals surface area (Å²) >= 11 is 11.2. The molecule has 0 radical (unpaired) electrons. The third-order valence-corrected chi connectivity index (χ3v) is 7.84. The smallest absolute Gasteiger partial charge is 0.134 e. The predicted octanol–water partition coefficient (Wildman–Crippen LogP) is 4.68. The number of nitrogens with zero attached hydrogens (tertiary/aromatic N) is 8. The molecule has 1 N–H and O–H groups in total. The number of aryl methyl sites for hydroxylation is 4. The fourth-order valence-electron chi connectivity index (χ4n) is 3.14. The van der Waals surface area contributed by atoms with Gasteiger partial charge >= 0.3 is 0 Å². The Bertz CT molecular complexity index is 1230. The number of halogens is 4. The first kappa shape index (κ1) is 26.8. The van der Waals surface area contributed by atoms with Gasteiger partial charge in [0.1, 0.15) is 22.7 Å². The lowest BCUT2D eigenvalue weighted by Crippen LogP contribution is -2.00. The van der Waals surface area contributed by atoms with Crippen molar-refractivity contribution in [2.75, 3.05) is 0 Å². The van der Waals surface area contributed by atoms with Gasteiger partial charge in [-0.15, -0.1) is 0 Å². The Hall–Kier alpha value is -0.780. The van der Waals surface area contributed by atoms with E-state index in [-0.39, 0.29) is 0 Å². The topological polar surface area (TPSA) is 91.5 Å². The van der Waals surface area contributed by atoms with Gasteiger partial charge in [0.25, 0.3) is 0 Å². The van der Waals surface area contributed by atoms with E-state index in [9.17, 15) is 5.11 Å². The van der Waals surface area contributed by atoms with Crippen LogP contribution in [0.4, 0.5) is 0 Å². The quantitative estimate of drug-likeness (QED) is 0.286. The van der Waals surface area contributed by atoms with Crippen molar-refractivity contribution in [1.29, 1.82) is 0 Å². The number of aliphatic hydroxyl groups excluding tert-OH is 1. The lowest BCUT2D eigenvalue weighted by molar-refractivity contribution is 0.218. The van der Waals surface area contributed by atoms with Crippen molar-refractivity contribution >= 4 is 77.0 Å². The Morgan fingerprint density at radius 3 is 1.85 bits per heavy atom. The lowest BCUT2D eigenvalue weighted by atomic mass is 10.1. The van der Waals surface area contributed by atoms with E-state index in [1.54, 1.807) is 9.36 Å². The number of hydrogen-bond donors (Lipinski definition) is 1. The van der Waals surface area contributed by atoms with E-state index >= 15 is 0 Å². The zero-order chi connectivity index (χ0) is 24.3. The van der Waals surface area contributed by atoms with Gasteiger partial charge in [-0.3, -0.25) is 18.7 Å². The molecule has 4 heterocycles. The summed E-state index contributed by atoms with van der Waals surface area (Å²) in [7, 11) is 3.78. The number of aromatic nitrogens is 8. The predicted molar refractivity (Wildman–Crippen MR) is 150 cm³/mol. The maximum Gasteiger partial charge on any atom is 0.134 e. The summed E-state index contributed by atoms with van der Waals surface area (Å²) in [5, 5.41) is 27.5. The molecular weight excluding hydrogens is 782 g/mol. The van der Waals surface area contributed by atoms with E-state index in [1.807, 2.05) is 42.8 Å². The Morgan fingerprint density at radius 1 is 0.788 bits per heavy atom. The highest BCUT2D eigenvalue weighted by atomic mass is 127. The Balaban J connectivity index is 0.000000186. The molecule has 0 spiro atoms. The minimum atomic E-state index is -0.703. The van der Waals surface area contributed by atoms with Gasteiger partial charge in [0.05, 0.1) is 0 Å². The second-order valence-electron chi connectivity index (χ2n) is 7.28. The van der Waals surface area contributed by atoms with Crippen LogP contribution in [-0.2, 0) is 33.6 Å². The molecule has 0 aliphatic rings. The zero-order valence-electron chi connectivity index (χ0n) is 18.5. The van der Waals surface area contributed by atoms with Gasteiger partial charge in [0.15, 0.2) is 0 Å². The summed E-state index contributed by atoms with van der Waals surface area (Å²) in [6.45, 7) is 5.75. The monoisotopic (exact) mass is 804 g/mol. The highest BCUT2D eigenvalue weighted by molar-refractivity contribution is 14.1. The fraction of sp³-hybridized carbons (Fsp3) is 0.400. The molecule has 0 aliphatic carbocycles. The molecule has 0 saturated carbocycles. The van der Waals surface area contributed by atoms with Gasteiger partial charge in [-0.2, -0.15) is 20.4 Å². The molecular formula is C20H24Br2I2N8O. The number of aliphatic hydroxyl groups is 1. The molecule has 0 bridgehead atoms. The van der Waals surface area contributed by atoms with Crippen molar-refractivity contribution in [3.8, 4) is 0 Å². The molecule has 0 aromatic carbocycles. The molecule has 1 unspecified atom stereocenters. The van der Waals surface area contributed by atoms with Gasteiger partial charge in [-0.05, 0) is 90.9 Å². The highest BCUT2D eigenvalue weighted by Crippen LogP contribution is 2.29. The minimum absolute atomic E-state index is 0.673. The van der Waals surface area contributed by atoms with Gasteiger partial charge in [-0.25, -0.2) is 0 Å². The first-order valence-electron chi connectivity index (χ1n) is 10.1. The zero-order valence-corrected chi connectivity index (χ0v) is 26.0. The van der Waals surface area contributed by atoms with Crippen LogP contribution >= 0.6 is 77.0 Å². The van der Waals surface area contributed by atoms with E-state index in [0.717, 1.165) is 42.6 Å². The van der Waals surface area contributed by atoms with Crippen LogP contribution in [0.2, 0.25) is 0 Å². The Kier molecular flexibility index (Phi) is 9.56. The highest BCUT2D eigenvalue weighted by Gasteiger charge is 2.21. The van der Waals surface area contributed by atoms with E-state index in [0.29, 0.717) is 4.60 Å². The molecule has 1 atom stereocenters. The van der Waals surface area contributed by atoms with Crippen molar-refractivity contribution < 1.29 is 5.11 Å². The van der Waals surface area contributed by atoms with Gasteiger partial charge in [0.2, 0.25) is 0 Å². The van der Waals surface area contributed by atoms with Crippen molar-refractivity contribution in [3.63, 3.8) is 0 Å². The SMILES string of the molecule is CCn1cc(C(O)c2cn(C)nc2I)c(Br)n1.CCn1cc(Cc2cn(C)nc2I)c(Br)n1. The van der Waals surface area contributed by atoms with Crippen molar-refractivity contribution in [2.45, 2.75) is 39.5 Å². The van der Waals surface area contributed by atoms with Crippen LogP contribution in [0.1, 0.15) is 42.2 Å². The summed E-state index contributed by atoms with van der Waals surface area (Å²) in [5.74, 6) is 0. The van der Waals surface area contributed by atoms with Crippen LogP contribution < -0.4 is 0 Å². The van der Waals surface area contributed by atoms with Crippen molar-refractivity contribution in [2.24, 2.45) is 14.1 Å². The van der Waals surface area contributed by atoms with E-state index in [2.05, 4.69) is 117 Å². The summed E-state index contributed by atoms with van der Waals surface area (Å²) in [6, 6.07) is 0. The normalized spacial score (nSPS) is 12.0. The third kappa shape index (κ3) is 6.67. The van der Waals surface area contributed by atoms with Crippen molar-refractivity contribution in [3.05, 3.63) is 63.6 Å². The molecule has 178 valence electrons. The number of rotatable bonds is 6. The van der Waals surface area contributed by atoms with Crippen LogP contribution in [0.15, 0.2) is 34.0 Å². The van der Waals surface area contributed by atoms with Crippen LogP contribution in [0.25, 0.3) is 0 Å². The Labute approximate surface area is 236 Å². The lowest BCUT2D eigenvalue weighted by Gasteiger charge is -2.06. The molecule has 9 nitrogen and oxygen atoms in total. The second-order valence-corrected chi connectivity index (χ2v) is 10.8. The standard InChI is InChI=1S/C10H12BrIN4O.C10H12BrIN4/c1-3-16-5-6(9(11)13-16)8(17)7-4-15(2)14-10(7)12;1-3-16-6-7(9(11)13-16)4-8-5-15(2)14-10(8)12/h4-5,8,17H,3H2,1-2H3;5-6H,3-4H2,1-2H3. The molecule has 33 heavy (non-hydrogen) atoms. The van der Waals surface area contributed by atoms with Gasteiger partial charge in [0, 0.05) is 80.6 Å². The van der Waals surface area contributed by atoms with Crippen LogP contribution in [0, 0.1) is 7.40 Å². The van der Waals surface area contributed by atoms with Crippen LogP contribution in [-0.4, -0.2) is 44.2 Å². The second kappa shape index (κ2) is 11.8. The summed E-state index contributed by atoms with van der Waals surface area (Å²) in [6.07, 6.45) is 7.96. The minimum Gasteiger partial charge on any atom is -0.383 e. The average molecular weight is 806 g/mol. The van der Waals surface area contributed by atoms with Crippen LogP contribution in [0.3, 0.4) is 0 Å². The third-order valence-electron chi connectivity index (χ3n) is 4.81. The molecule has 4 aromatic heterocycles. The van der Waals surface area contributed by atoms with Crippen LogP contribution in [0.5, 0.6) is 0 Å². The molecule has 4 aromatic rings. The average Bonchev–Trinajstić information content (AvgIpc) is 3.49. The first-order chi connectivity index (χ1) is 15.6. The first-order valence-corrected chi connectivity index (χ1v) is 13.9. The molecule has 0 aliphatic heterocycles. The summed E-state index contributed by atoms with van der Waals surface area (Å²) in [4.78, 5) is 0. The fourth-order valence-corrected chi connectivity index (χ4v) is 5.56. The summed E-state index contributed by atoms with van der Waals surface area (Å²) in [5.41, 5.74) is 3.99. The maximum absolute atomic E-state index is 10.3. The Morgan fingerprint density at radius 2 is 1.36 bits per heavy atom. The molecule has 0 fully saturated rings. The molecule has 13 heteroatoms. The number of hydrogen-bond acceptors (Lipinski definition) is 5. The van der Waals surface area contributed by atoms with Gasteiger partial charge < -0.3 is 5.11 Å². The molecule has 4 rings (SSSR count). The largest absolute Gasteiger partial charge is 0.383 e. The van der Waals surface area contributed by atoms with Crippen molar-refractivity contribution in [1.82, 2.24) is 39.1 Å². The van der Waals surface area contributed by atoms with Gasteiger partial charge in [-0.1, -0.05) is 0 Å². The molecule has 0 amide bonds. The van der Waals surface area contributed by atoms with E-state index < -0.39 is 6.10 Å². The molecule has 0 saturated heterocycles. The maximum atomic E-state index is 10.3. The summed E-state index contributed by atoms with van der Waals surface area (Å²) < 4.78 is 10.7. The van der Waals surface area contributed by atoms with E-state index in [4.69, 9.17) is 0 Å². The van der Waals surface area contributed by atoms with E-state index in [1.165, 1.54) is 11.1 Å².